The molecule has 0 fully saturated rings. The molecular formula is C17H18ClN2O4-. The fourth-order valence-corrected chi connectivity index (χ4v) is 2.62. The highest BCUT2D eigenvalue weighted by Gasteiger charge is 2.25. The van der Waals surface area contributed by atoms with Gasteiger partial charge in [0.05, 0.1) is 17.0 Å². The number of aliphatic carboxylic acids is 1. The lowest BCUT2D eigenvalue weighted by atomic mass is 10.0. The van der Waals surface area contributed by atoms with Crippen molar-refractivity contribution in [2.24, 2.45) is 5.92 Å². The molecule has 1 amide bonds. The van der Waals surface area contributed by atoms with Crippen molar-refractivity contribution in [2.45, 2.75) is 33.2 Å². The van der Waals surface area contributed by atoms with Crippen LogP contribution in [0.5, 0.6) is 0 Å². The Kier molecular flexibility index (Phi) is 5.62. The Morgan fingerprint density at radius 1 is 1.33 bits per heavy atom. The van der Waals surface area contributed by atoms with Gasteiger partial charge in [0, 0.05) is 5.56 Å². The Bertz CT molecular complexity index is 755. The second kappa shape index (κ2) is 7.49. The first kappa shape index (κ1) is 18.0. The molecule has 0 saturated carbocycles. The third-order valence-corrected chi connectivity index (χ3v) is 3.85. The predicted octanol–water partition coefficient (Wildman–Crippen LogP) is 2.20. The highest BCUT2D eigenvalue weighted by atomic mass is 35.5. The van der Waals surface area contributed by atoms with E-state index in [9.17, 15) is 14.7 Å². The van der Waals surface area contributed by atoms with Crippen molar-refractivity contribution in [2.75, 3.05) is 0 Å². The van der Waals surface area contributed by atoms with E-state index in [1.165, 1.54) is 0 Å². The summed E-state index contributed by atoms with van der Waals surface area (Å²) >= 11 is 6.15. The van der Waals surface area contributed by atoms with Crippen molar-refractivity contribution in [3.63, 3.8) is 0 Å². The van der Waals surface area contributed by atoms with Crippen molar-refractivity contribution >= 4 is 23.5 Å². The lowest BCUT2D eigenvalue weighted by Crippen LogP contribution is -2.48. The van der Waals surface area contributed by atoms with Gasteiger partial charge in [-0.15, -0.1) is 0 Å². The summed E-state index contributed by atoms with van der Waals surface area (Å²) in [7, 11) is 0. The highest BCUT2D eigenvalue weighted by Crippen LogP contribution is 2.31. The molecule has 128 valence electrons. The first-order valence-electron chi connectivity index (χ1n) is 7.54. The molecule has 1 aromatic heterocycles. The maximum atomic E-state index is 12.6. The van der Waals surface area contributed by atoms with Gasteiger partial charge in [0.1, 0.15) is 17.0 Å². The van der Waals surface area contributed by atoms with Crippen LogP contribution in [0.25, 0.3) is 11.3 Å². The number of rotatable bonds is 6. The fourth-order valence-electron chi connectivity index (χ4n) is 2.39. The van der Waals surface area contributed by atoms with E-state index in [2.05, 4.69) is 10.5 Å². The molecule has 2 aromatic rings. The van der Waals surface area contributed by atoms with Crippen LogP contribution in [0.1, 0.15) is 36.4 Å². The molecule has 0 aliphatic rings. The van der Waals surface area contributed by atoms with Crippen molar-refractivity contribution in [1.82, 2.24) is 10.5 Å². The summed E-state index contributed by atoms with van der Waals surface area (Å²) in [5, 5.41) is 18.0. The van der Waals surface area contributed by atoms with Gasteiger partial charge in [0.2, 0.25) is 0 Å². The summed E-state index contributed by atoms with van der Waals surface area (Å²) in [6.07, 6.45) is 0.264. The number of nitrogens with zero attached hydrogens (tertiary/aromatic N) is 1. The van der Waals surface area contributed by atoms with Crippen LogP contribution in [0.15, 0.2) is 28.8 Å². The van der Waals surface area contributed by atoms with Crippen molar-refractivity contribution < 1.29 is 19.2 Å². The number of hydrogen-bond donors (Lipinski definition) is 1. The van der Waals surface area contributed by atoms with Crippen LogP contribution in [0, 0.1) is 12.8 Å². The molecule has 0 bridgehead atoms. The van der Waals surface area contributed by atoms with Crippen molar-refractivity contribution in [3.8, 4) is 11.3 Å². The van der Waals surface area contributed by atoms with E-state index in [4.69, 9.17) is 16.1 Å². The molecule has 1 atom stereocenters. The van der Waals surface area contributed by atoms with E-state index in [0.717, 1.165) is 0 Å². The first-order chi connectivity index (χ1) is 11.3. The van der Waals surface area contributed by atoms with Gasteiger partial charge in [-0.05, 0) is 25.3 Å². The Hall–Kier alpha value is -2.34. The van der Waals surface area contributed by atoms with Gasteiger partial charge in [0.15, 0.2) is 0 Å². The second-order valence-corrected chi connectivity index (χ2v) is 6.32. The van der Waals surface area contributed by atoms with E-state index < -0.39 is 17.9 Å². The highest BCUT2D eigenvalue weighted by molar-refractivity contribution is 6.33. The molecule has 0 aliphatic heterocycles. The zero-order chi connectivity index (χ0) is 17.9. The Morgan fingerprint density at radius 2 is 2.00 bits per heavy atom. The van der Waals surface area contributed by atoms with Crippen LogP contribution in [0.4, 0.5) is 0 Å². The molecule has 1 N–H and O–H groups in total. The number of carboxylic acid groups (broad SMARTS) is 1. The number of carbonyl (C=O) groups excluding carboxylic acids is 2. The number of carbonyl (C=O) groups is 2. The van der Waals surface area contributed by atoms with Gasteiger partial charge in [0.25, 0.3) is 5.91 Å². The van der Waals surface area contributed by atoms with Crippen molar-refractivity contribution in [3.05, 3.63) is 40.6 Å². The predicted molar refractivity (Wildman–Crippen MR) is 87.4 cm³/mol. The smallest absolute Gasteiger partial charge is 0.257 e. The molecule has 0 spiro atoms. The van der Waals surface area contributed by atoms with Gasteiger partial charge in [-0.2, -0.15) is 0 Å². The number of amides is 1. The van der Waals surface area contributed by atoms with Crippen LogP contribution in [0.2, 0.25) is 5.02 Å². The average Bonchev–Trinajstić information content (AvgIpc) is 2.88. The minimum Gasteiger partial charge on any atom is -0.548 e. The maximum Gasteiger partial charge on any atom is 0.257 e. The second-order valence-electron chi connectivity index (χ2n) is 5.92. The third-order valence-electron chi connectivity index (χ3n) is 3.52. The number of aryl methyl sites for hydroxylation is 1. The summed E-state index contributed by atoms with van der Waals surface area (Å²) in [6.45, 7) is 5.31. The largest absolute Gasteiger partial charge is 0.548 e. The minimum absolute atomic E-state index is 0.0832. The Balaban J connectivity index is 2.35. The van der Waals surface area contributed by atoms with E-state index in [1.54, 1.807) is 31.2 Å². The summed E-state index contributed by atoms with van der Waals surface area (Å²) in [4.78, 5) is 23.8. The monoisotopic (exact) mass is 349 g/mol. The Labute approximate surface area is 144 Å². The van der Waals surface area contributed by atoms with Crippen LogP contribution >= 0.6 is 11.6 Å². The SMILES string of the molecule is Cc1onc(-c2ccccc2Cl)c1C(=O)N[C@@H](CC(C)C)C(=O)[O-]. The minimum atomic E-state index is -1.33. The number of benzene rings is 1. The van der Waals surface area contributed by atoms with Crippen LogP contribution < -0.4 is 10.4 Å². The number of halogens is 1. The zero-order valence-electron chi connectivity index (χ0n) is 13.6. The number of carboxylic acids is 1. The molecule has 24 heavy (non-hydrogen) atoms. The lowest BCUT2D eigenvalue weighted by Gasteiger charge is -2.21. The Morgan fingerprint density at radius 3 is 2.58 bits per heavy atom. The molecule has 1 aromatic carbocycles. The van der Waals surface area contributed by atoms with E-state index in [-0.39, 0.29) is 29.4 Å². The van der Waals surface area contributed by atoms with Crippen LogP contribution in [0.3, 0.4) is 0 Å². The van der Waals surface area contributed by atoms with Crippen LogP contribution in [-0.4, -0.2) is 23.1 Å². The first-order valence-corrected chi connectivity index (χ1v) is 7.92. The lowest BCUT2D eigenvalue weighted by molar-refractivity contribution is -0.308. The van der Waals surface area contributed by atoms with E-state index in [0.29, 0.717) is 10.6 Å². The number of nitrogens with one attached hydrogen (secondary N) is 1. The molecule has 1 heterocycles. The topological polar surface area (TPSA) is 95.3 Å². The summed E-state index contributed by atoms with van der Waals surface area (Å²) in [6, 6.07) is 5.81. The van der Waals surface area contributed by atoms with Gasteiger partial charge < -0.3 is 19.7 Å². The van der Waals surface area contributed by atoms with Crippen LogP contribution in [-0.2, 0) is 4.79 Å². The summed E-state index contributed by atoms with van der Waals surface area (Å²) in [5.41, 5.74) is 0.977. The third kappa shape index (κ3) is 3.94. The normalized spacial score (nSPS) is 12.2. The maximum absolute atomic E-state index is 12.6. The summed E-state index contributed by atoms with van der Waals surface area (Å²) in [5.74, 6) is -1.55. The van der Waals surface area contributed by atoms with E-state index in [1.807, 2.05) is 13.8 Å². The molecule has 0 unspecified atom stereocenters. The standard InChI is InChI=1S/C17H19ClN2O4/c1-9(2)8-13(17(22)23)19-16(21)14-10(3)24-20-15(14)11-6-4-5-7-12(11)18/h4-7,9,13H,8H2,1-3H3,(H,19,21)(H,22,23)/p-1/t13-/m0/s1. The molecule has 0 saturated heterocycles. The van der Waals surface area contributed by atoms with Gasteiger partial charge >= 0.3 is 0 Å². The zero-order valence-corrected chi connectivity index (χ0v) is 14.4. The van der Waals surface area contributed by atoms with Gasteiger partial charge in [-0.3, -0.25) is 4.79 Å². The molecule has 0 aliphatic carbocycles. The fraction of sp³-hybridized carbons (Fsp3) is 0.353. The van der Waals surface area contributed by atoms with Crippen molar-refractivity contribution in [1.29, 1.82) is 0 Å². The average molecular weight is 350 g/mol. The molecule has 7 heteroatoms. The number of aromatic nitrogens is 1. The van der Waals surface area contributed by atoms with E-state index >= 15 is 0 Å². The van der Waals surface area contributed by atoms with Gasteiger partial charge in [-0.1, -0.05) is 48.8 Å². The van der Waals surface area contributed by atoms with Gasteiger partial charge in [-0.25, -0.2) is 0 Å². The quantitative estimate of drug-likeness (QED) is 0.862. The molecule has 6 nitrogen and oxygen atoms in total. The number of hydrogen-bond acceptors (Lipinski definition) is 5. The molecule has 0 radical (unpaired) electrons. The molecular weight excluding hydrogens is 332 g/mol. The molecule has 2 rings (SSSR count). The summed E-state index contributed by atoms with van der Waals surface area (Å²) < 4.78 is 5.12.